The molecule has 0 saturated carbocycles. The van der Waals surface area contributed by atoms with Gasteiger partial charge in [-0.25, -0.2) is 24.6 Å². The first-order chi connectivity index (χ1) is 19.5. The van der Waals surface area contributed by atoms with E-state index in [1.807, 2.05) is 56.6 Å². The predicted molar refractivity (Wildman–Crippen MR) is 148 cm³/mol. The summed E-state index contributed by atoms with van der Waals surface area (Å²) in [5.41, 5.74) is 3.84. The highest BCUT2D eigenvalue weighted by Gasteiger charge is 2.44. The maximum atomic E-state index is 13.2. The van der Waals surface area contributed by atoms with Crippen LogP contribution < -0.4 is 10.2 Å². The second kappa shape index (κ2) is 9.79. The fourth-order valence-corrected chi connectivity index (χ4v) is 5.50. The highest BCUT2D eigenvalue weighted by atomic mass is 19.1. The molecule has 5 aromatic heterocycles. The van der Waals surface area contributed by atoms with Gasteiger partial charge in [0.15, 0.2) is 17.5 Å². The van der Waals surface area contributed by atoms with Gasteiger partial charge in [0.25, 0.3) is 0 Å². The standard InChI is InChI=1S/C28H28FN11/c1-17-9-24(33-25-10-18(2)35-36-25)34-28(32-17)20-4-6-26(31-13-20)38-15-21-11-22(16-38)39(21)14-19-3-5-27(30-12-19)40-8-7-23(29)37-40/h3-10,12-13,21-22H,11,14-16H2,1-2H3,(H2,32,33,34,35,36). The van der Waals surface area contributed by atoms with Crippen molar-refractivity contribution in [3.63, 3.8) is 0 Å². The molecule has 3 aliphatic rings. The van der Waals surface area contributed by atoms with E-state index in [9.17, 15) is 4.39 Å². The number of aromatic nitrogens is 8. The topological polar surface area (TPSA) is 117 Å². The number of aryl methyl sites for hydroxylation is 2. The van der Waals surface area contributed by atoms with Crippen LogP contribution in [0.1, 0.15) is 23.4 Å². The van der Waals surface area contributed by atoms with E-state index >= 15 is 0 Å². The molecule has 11 nitrogen and oxygen atoms in total. The van der Waals surface area contributed by atoms with Crippen LogP contribution in [0.5, 0.6) is 0 Å². The second-order valence-electron chi connectivity index (χ2n) is 10.4. The Labute approximate surface area is 230 Å². The average molecular weight is 538 g/mol. The number of rotatable bonds is 7. The summed E-state index contributed by atoms with van der Waals surface area (Å²) >= 11 is 0. The van der Waals surface area contributed by atoms with E-state index in [-0.39, 0.29) is 0 Å². The van der Waals surface area contributed by atoms with Crippen molar-refractivity contribution in [1.29, 1.82) is 0 Å². The van der Waals surface area contributed by atoms with Gasteiger partial charge in [0.05, 0.1) is 0 Å². The molecule has 2 bridgehead atoms. The third-order valence-corrected chi connectivity index (χ3v) is 7.46. The van der Waals surface area contributed by atoms with Crippen molar-refractivity contribution in [2.24, 2.45) is 0 Å². The van der Waals surface area contributed by atoms with Crippen LogP contribution in [0.2, 0.25) is 0 Å². The second-order valence-corrected chi connectivity index (χ2v) is 10.4. The van der Waals surface area contributed by atoms with Gasteiger partial charge in [0.2, 0.25) is 5.95 Å². The van der Waals surface area contributed by atoms with E-state index in [0.29, 0.717) is 35.4 Å². The minimum absolute atomic E-state index is 0.472. The molecular weight excluding hydrogens is 509 g/mol. The number of nitrogens with zero attached hydrogens (tertiary/aromatic N) is 9. The van der Waals surface area contributed by atoms with Crippen LogP contribution in [0, 0.1) is 19.8 Å². The van der Waals surface area contributed by atoms with Crippen molar-refractivity contribution in [1.82, 2.24) is 44.8 Å². The number of hydrogen-bond acceptors (Lipinski definition) is 9. The average Bonchev–Trinajstić information content (AvgIpc) is 3.59. The lowest BCUT2D eigenvalue weighted by atomic mass is 9.87. The molecular formula is C28H28FN11. The molecule has 202 valence electrons. The fourth-order valence-electron chi connectivity index (χ4n) is 5.50. The summed E-state index contributed by atoms with van der Waals surface area (Å²) < 4.78 is 14.7. The molecule has 3 saturated heterocycles. The highest BCUT2D eigenvalue weighted by molar-refractivity contribution is 5.61. The molecule has 12 heteroatoms. The maximum Gasteiger partial charge on any atom is 0.233 e. The Kier molecular flexibility index (Phi) is 5.96. The van der Waals surface area contributed by atoms with Gasteiger partial charge < -0.3 is 10.2 Å². The molecule has 0 radical (unpaired) electrons. The summed E-state index contributed by atoms with van der Waals surface area (Å²) in [6.07, 6.45) is 6.46. The van der Waals surface area contributed by atoms with Crippen molar-refractivity contribution >= 4 is 17.5 Å². The Bertz CT molecular complexity index is 1630. The zero-order valence-corrected chi connectivity index (χ0v) is 22.2. The van der Waals surface area contributed by atoms with Gasteiger partial charge in [0.1, 0.15) is 11.6 Å². The number of fused-ring (bicyclic) bond motifs is 2. The summed E-state index contributed by atoms with van der Waals surface area (Å²) in [6, 6.07) is 14.1. The Morgan fingerprint density at radius 1 is 0.950 bits per heavy atom. The van der Waals surface area contributed by atoms with Crippen molar-refractivity contribution in [2.75, 3.05) is 23.3 Å². The quantitative estimate of drug-likeness (QED) is 0.320. The zero-order chi connectivity index (χ0) is 27.2. The molecule has 3 aliphatic heterocycles. The SMILES string of the molecule is Cc1cc(Nc2cc(C)[nH]n2)nc(-c2ccc(N3CC4CC(C3)N4Cc3ccc(-n4ccc(F)n4)nc3)nc2)n1. The van der Waals surface area contributed by atoms with Gasteiger partial charge in [-0.15, -0.1) is 5.10 Å². The van der Waals surface area contributed by atoms with Crippen molar-refractivity contribution in [3.05, 3.63) is 84.0 Å². The van der Waals surface area contributed by atoms with Crippen LogP contribution in [-0.2, 0) is 6.54 Å². The third kappa shape index (κ3) is 4.77. The van der Waals surface area contributed by atoms with Crippen molar-refractivity contribution in [2.45, 2.75) is 38.9 Å². The normalized spacial score (nSPS) is 18.5. The van der Waals surface area contributed by atoms with Crippen LogP contribution in [0.3, 0.4) is 0 Å². The van der Waals surface area contributed by atoms with Crippen molar-refractivity contribution < 1.29 is 4.39 Å². The fraction of sp³-hybridized carbons (Fsp3) is 0.286. The number of piperidine rings is 1. The number of piperazine rings is 1. The van der Waals surface area contributed by atoms with Gasteiger partial charge in [-0.05, 0) is 44.0 Å². The highest BCUT2D eigenvalue weighted by Crippen LogP contribution is 2.35. The van der Waals surface area contributed by atoms with Crippen molar-refractivity contribution in [3.8, 4) is 17.2 Å². The lowest BCUT2D eigenvalue weighted by Gasteiger charge is -2.56. The molecule has 3 fully saturated rings. The summed E-state index contributed by atoms with van der Waals surface area (Å²) in [6.45, 7) is 6.61. The van der Waals surface area contributed by atoms with E-state index in [4.69, 9.17) is 4.98 Å². The Hall–Kier alpha value is -4.71. The van der Waals surface area contributed by atoms with Gasteiger partial charge >= 0.3 is 0 Å². The third-order valence-electron chi connectivity index (χ3n) is 7.46. The Balaban J connectivity index is 0.991. The van der Waals surface area contributed by atoms with Crippen LogP contribution >= 0.6 is 0 Å². The van der Waals surface area contributed by atoms with Crippen LogP contribution in [0.15, 0.2) is 61.1 Å². The molecule has 8 rings (SSSR count). The first-order valence-electron chi connectivity index (χ1n) is 13.3. The molecule has 2 N–H and O–H groups in total. The largest absolute Gasteiger partial charge is 0.353 e. The summed E-state index contributed by atoms with van der Waals surface area (Å²) in [7, 11) is 0. The summed E-state index contributed by atoms with van der Waals surface area (Å²) in [5, 5.41) is 14.2. The molecule has 2 unspecified atom stereocenters. The molecule has 8 heterocycles. The first-order valence-corrected chi connectivity index (χ1v) is 13.3. The van der Waals surface area contributed by atoms with Crippen LogP contribution in [0.4, 0.5) is 21.8 Å². The van der Waals surface area contributed by atoms with E-state index in [1.165, 1.54) is 17.2 Å². The Morgan fingerprint density at radius 3 is 2.45 bits per heavy atom. The van der Waals surface area contributed by atoms with Gasteiger partial charge in [-0.3, -0.25) is 10.00 Å². The predicted octanol–water partition coefficient (Wildman–Crippen LogP) is 3.81. The van der Waals surface area contributed by atoms with E-state index in [2.05, 4.69) is 51.4 Å². The number of halogens is 1. The molecule has 0 spiro atoms. The summed E-state index contributed by atoms with van der Waals surface area (Å²) in [5.74, 6) is 3.08. The number of hydrogen-bond donors (Lipinski definition) is 2. The smallest absolute Gasteiger partial charge is 0.233 e. The lowest BCUT2D eigenvalue weighted by Crippen LogP contribution is -2.68. The molecule has 2 atom stereocenters. The minimum Gasteiger partial charge on any atom is -0.353 e. The van der Waals surface area contributed by atoms with Gasteiger partial charge in [0, 0.05) is 85.5 Å². The zero-order valence-electron chi connectivity index (χ0n) is 22.2. The Morgan fingerprint density at radius 2 is 1.77 bits per heavy atom. The van der Waals surface area contributed by atoms with E-state index in [0.717, 1.165) is 48.0 Å². The number of H-pyrrole nitrogens is 1. The lowest BCUT2D eigenvalue weighted by molar-refractivity contribution is -0.00875. The van der Waals surface area contributed by atoms with Crippen LogP contribution in [0.25, 0.3) is 17.2 Å². The number of nitrogens with one attached hydrogen (secondary N) is 2. The molecule has 40 heavy (non-hydrogen) atoms. The number of pyridine rings is 2. The number of aromatic amines is 1. The number of anilines is 3. The van der Waals surface area contributed by atoms with E-state index < -0.39 is 5.95 Å². The molecule has 0 aliphatic carbocycles. The van der Waals surface area contributed by atoms with E-state index in [1.54, 1.807) is 6.20 Å². The van der Waals surface area contributed by atoms with Gasteiger partial charge in [-0.1, -0.05) is 6.07 Å². The molecule has 0 amide bonds. The van der Waals surface area contributed by atoms with Crippen LogP contribution in [-0.4, -0.2) is 70.0 Å². The van der Waals surface area contributed by atoms with Gasteiger partial charge in [-0.2, -0.15) is 9.49 Å². The molecule has 0 aromatic carbocycles. The minimum atomic E-state index is -0.515. The summed E-state index contributed by atoms with van der Waals surface area (Å²) in [4.78, 5) is 23.4. The first kappa shape index (κ1) is 24.3. The maximum absolute atomic E-state index is 13.2. The monoisotopic (exact) mass is 537 g/mol. The molecule has 5 aromatic rings.